The first-order valence-corrected chi connectivity index (χ1v) is 5.10. The van der Waals surface area contributed by atoms with Crippen molar-refractivity contribution >= 4 is 17.2 Å². The predicted molar refractivity (Wildman–Crippen MR) is 64.1 cm³/mol. The fourth-order valence-corrected chi connectivity index (χ4v) is 1.62. The monoisotopic (exact) mass is 235 g/mol. The van der Waals surface area contributed by atoms with Gasteiger partial charge in [-0.05, 0) is 25.1 Å². The number of aryl methyl sites for hydroxylation is 1. The Hall–Kier alpha value is -1.75. The Morgan fingerprint density at radius 3 is 2.75 bits per heavy atom. The highest BCUT2D eigenvalue weighted by Crippen LogP contribution is 2.16. The number of thiocarbonyl (C=S) groups is 1. The minimum atomic E-state index is -0.369. The van der Waals surface area contributed by atoms with Crippen molar-refractivity contribution in [3.63, 3.8) is 0 Å². The number of aromatic nitrogens is 2. The number of nitrogens with two attached hydrogens (primary N) is 1. The molecule has 0 saturated heterocycles. The summed E-state index contributed by atoms with van der Waals surface area (Å²) in [5.74, 6) is 0.355. The topological polar surface area (TPSA) is 43.8 Å². The molecule has 2 N–H and O–H groups in total. The molecule has 5 heteroatoms. The lowest BCUT2D eigenvalue weighted by atomic mass is 10.2. The maximum absolute atomic E-state index is 13.8. The lowest BCUT2D eigenvalue weighted by Gasteiger charge is -2.07. The number of halogens is 1. The second-order valence-electron chi connectivity index (χ2n) is 3.37. The highest BCUT2D eigenvalue weighted by molar-refractivity contribution is 7.80. The van der Waals surface area contributed by atoms with Crippen molar-refractivity contribution in [2.75, 3.05) is 0 Å². The summed E-state index contributed by atoms with van der Waals surface area (Å²) in [6, 6.07) is 4.66. The molecule has 0 atom stereocenters. The minimum Gasteiger partial charge on any atom is -0.389 e. The van der Waals surface area contributed by atoms with Crippen molar-refractivity contribution in [3.8, 4) is 5.69 Å². The smallest absolute Gasteiger partial charge is 0.147 e. The molecule has 0 aliphatic rings. The van der Waals surface area contributed by atoms with Crippen LogP contribution in [0.15, 0.2) is 30.6 Å². The summed E-state index contributed by atoms with van der Waals surface area (Å²) in [6.45, 7) is 1.81. The summed E-state index contributed by atoms with van der Waals surface area (Å²) in [7, 11) is 0. The first-order chi connectivity index (χ1) is 7.59. The molecule has 82 valence electrons. The van der Waals surface area contributed by atoms with Crippen LogP contribution in [0.2, 0.25) is 0 Å². The normalized spacial score (nSPS) is 10.4. The van der Waals surface area contributed by atoms with Gasteiger partial charge in [0.05, 0.1) is 5.69 Å². The second-order valence-corrected chi connectivity index (χ2v) is 3.81. The van der Waals surface area contributed by atoms with Crippen LogP contribution in [-0.4, -0.2) is 14.5 Å². The van der Waals surface area contributed by atoms with Gasteiger partial charge in [-0.15, -0.1) is 0 Å². The van der Waals surface area contributed by atoms with E-state index in [-0.39, 0.29) is 10.8 Å². The van der Waals surface area contributed by atoms with Crippen LogP contribution >= 0.6 is 12.2 Å². The Bertz CT molecular complexity index is 548. The van der Waals surface area contributed by atoms with Gasteiger partial charge in [0, 0.05) is 18.0 Å². The zero-order valence-corrected chi connectivity index (χ0v) is 9.46. The van der Waals surface area contributed by atoms with Crippen molar-refractivity contribution < 1.29 is 4.39 Å². The average molecular weight is 235 g/mol. The van der Waals surface area contributed by atoms with Crippen LogP contribution in [-0.2, 0) is 0 Å². The third kappa shape index (κ3) is 1.81. The number of hydrogen-bond acceptors (Lipinski definition) is 2. The Morgan fingerprint density at radius 1 is 1.50 bits per heavy atom. The molecule has 3 nitrogen and oxygen atoms in total. The van der Waals surface area contributed by atoms with Crippen LogP contribution in [0.25, 0.3) is 5.69 Å². The van der Waals surface area contributed by atoms with Gasteiger partial charge in [0.25, 0.3) is 0 Å². The van der Waals surface area contributed by atoms with Crippen molar-refractivity contribution in [1.82, 2.24) is 9.55 Å². The van der Waals surface area contributed by atoms with Crippen molar-refractivity contribution in [3.05, 3.63) is 47.8 Å². The van der Waals surface area contributed by atoms with Gasteiger partial charge < -0.3 is 10.3 Å². The predicted octanol–water partition coefficient (Wildman–Crippen LogP) is 1.95. The largest absolute Gasteiger partial charge is 0.389 e. The van der Waals surface area contributed by atoms with Gasteiger partial charge in [-0.2, -0.15) is 0 Å². The van der Waals surface area contributed by atoms with Crippen molar-refractivity contribution in [2.45, 2.75) is 6.92 Å². The molecule has 2 aromatic rings. The number of rotatable bonds is 2. The second kappa shape index (κ2) is 4.02. The molecule has 1 aromatic carbocycles. The van der Waals surface area contributed by atoms with Crippen LogP contribution < -0.4 is 5.73 Å². The fourth-order valence-electron chi connectivity index (χ4n) is 1.49. The van der Waals surface area contributed by atoms with Gasteiger partial charge in [0.1, 0.15) is 16.6 Å². The van der Waals surface area contributed by atoms with E-state index in [9.17, 15) is 4.39 Å². The van der Waals surface area contributed by atoms with Crippen molar-refractivity contribution in [1.29, 1.82) is 0 Å². The van der Waals surface area contributed by atoms with E-state index < -0.39 is 0 Å². The summed E-state index contributed by atoms with van der Waals surface area (Å²) < 4.78 is 15.5. The number of nitrogens with zero attached hydrogens (tertiary/aromatic N) is 2. The summed E-state index contributed by atoms with van der Waals surface area (Å²) in [6.07, 6.45) is 3.32. The minimum absolute atomic E-state index is 0.188. The SMILES string of the molecule is Cc1nccn1-c1ccc(C(N)=S)cc1F. The quantitative estimate of drug-likeness (QED) is 0.809. The maximum atomic E-state index is 13.8. The molecule has 0 unspecified atom stereocenters. The van der Waals surface area contributed by atoms with Crippen LogP contribution in [0.4, 0.5) is 4.39 Å². The standard InChI is InChI=1S/C11H10FN3S/c1-7-14-4-5-15(7)10-3-2-8(11(13)16)6-9(10)12/h2-6H,1H3,(H2,13,16). The molecule has 0 fully saturated rings. The summed E-state index contributed by atoms with van der Waals surface area (Å²) >= 11 is 4.78. The lowest BCUT2D eigenvalue weighted by Crippen LogP contribution is -2.10. The molecular formula is C11H10FN3S. The Labute approximate surface area is 97.7 Å². The molecule has 0 bridgehead atoms. The first kappa shape index (κ1) is 10.8. The van der Waals surface area contributed by atoms with E-state index in [1.165, 1.54) is 6.07 Å². The molecule has 0 aliphatic carbocycles. The van der Waals surface area contributed by atoms with Crippen LogP contribution in [0, 0.1) is 12.7 Å². The Balaban J connectivity index is 2.52. The number of imidazole rings is 1. The van der Waals surface area contributed by atoms with E-state index in [4.69, 9.17) is 18.0 Å². The molecule has 1 aromatic heterocycles. The molecule has 2 rings (SSSR count). The molecule has 0 radical (unpaired) electrons. The van der Waals surface area contributed by atoms with Gasteiger partial charge in [-0.1, -0.05) is 12.2 Å². The molecule has 0 saturated carbocycles. The highest BCUT2D eigenvalue weighted by Gasteiger charge is 2.08. The summed E-state index contributed by atoms with van der Waals surface area (Å²) in [5.41, 5.74) is 6.39. The molecule has 0 spiro atoms. The van der Waals surface area contributed by atoms with Crippen LogP contribution in [0.3, 0.4) is 0 Å². The number of benzene rings is 1. The van der Waals surface area contributed by atoms with Gasteiger partial charge in [0.15, 0.2) is 0 Å². The molecule has 0 amide bonds. The van der Waals surface area contributed by atoms with E-state index in [1.807, 2.05) is 0 Å². The van der Waals surface area contributed by atoms with E-state index >= 15 is 0 Å². The molecule has 1 heterocycles. The highest BCUT2D eigenvalue weighted by atomic mass is 32.1. The fraction of sp³-hybridized carbons (Fsp3) is 0.0909. The Morgan fingerprint density at radius 2 is 2.25 bits per heavy atom. The third-order valence-electron chi connectivity index (χ3n) is 2.32. The summed E-state index contributed by atoms with van der Waals surface area (Å²) in [5, 5.41) is 0. The zero-order chi connectivity index (χ0) is 11.7. The first-order valence-electron chi connectivity index (χ1n) is 4.69. The molecular weight excluding hydrogens is 225 g/mol. The molecule has 16 heavy (non-hydrogen) atoms. The maximum Gasteiger partial charge on any atom is 0.147 e. The molecule has 0 aliphatic heterocycles. The van der Waals surface area contributed by atoms with Crippen molar-refractivity contribution in [2.24, 2.45) is 5.73 Å². The van der Waals surface area contributed by atoms with Crippen LogP contribution in [0.5, 0.6) is 0 Å². The third-order valence-corrected chi connectivity index (χ3v) is 2.55. The Kier molecular flexibility index (Phi) is 2.70. The zero-order valence-electron chi connectivity index (χ0n) is 8.64. The van der Waals surface area contributed by atoms with E-state index in [0.29, 0.717) is 11.3 Å². The lowest BCUT2D eigenvalue weighted by molar-refractivity contribution is 0.616. The average Bonchev–Trinajstić information content (AvgIpc) is 2.64. The van der Waals surface area contributed by atoms with Gasteiger partial charge in [-0.3, -0.25) is 0 Å². The van der Waals surface area contributed by atoms with Gasteiger partial charge in [0.2, 0.25) is 0 Å². The van der Waals surface area contributed by atoms with Crippen LogP contribution in [0.1, 0.15) is 11.4 Å². The number of hydrogen-bond donors (Lipinski definition) is 1. The van der Waals surface area contributed by atoms with Gasteiger partial charge in [-0.25, -0.2) is 9.37 Å². The van der Waals surface area contributed by atoms with E-state index in [0.717, 1.165) is 5.82 Å². The van der Waals surface area contributed by atoms with E-state index in [2.05, 4.69) is 4.98 Å². The summed E-state index contributed by atoms with van der Waals surface area (Å²) in [4.78, 5) is 4.23. The van der Waals surface area contributed by atoms with E-state index in [1.54, 1.807) is 36.0 Å². The van der Waals surface area contributed by atoms with Gasteiger partial charge >= 0.3 is 0 Å².